The molecule has 0 unspecified atom stereocenters. The Balaban J connectivity index is 1.67. The van der Waals surface area contributed by atoms with Crippen LogP contribution in [0.15, 0.2) is 48.5 Å². The van der Waals surface area contributed by atoms with Crippen LogP contribution in [-0.4, -0.2) is 22.6 Å². The molecule has 0 bridgehead atoms. The highest BCUT2D eigenvalue weighted by Crippen LogP contribution is 2.17. The van der Waals surface area contributed by atoms with E-state index >= 15 is 0 Å². The van der Waals surface area contributed by atoms with Gasteiger partial charge in [0.1, 0.15) is 0 Å². The Labute approximate surface area is 145 Å². The Bertz CT molecular complexity index is 863. The van der Waals surface area contributed by atoms with Gasteiger partial charge < -0.3 is 5.32 Å². The van der Waals surface area contributed by atoms with Gasteiger partial charge in [-0.3, -0.25) is 19.3 Å². The van der Waals surface area contributed by atoms with Crippen molar-refractivity contribution in [1.82, 2.24) is 4.90 Å². The average Bonchev–Trinajstić information content (AvgIpc) is 2.94. The number of likely N-dealkylation sites (tertiary alicyclic amines) is 1. The summed E-state index contributed by atoms with van der Waals surface area (Å²) in [6.07, 6.45) is 5.90. The first kappa shape index (κ1) is 16.5. The molecule has 0 aromatic heterocycles. The summed E-state index contributed by atoms with van der Waals surface area (Å²) in [6.45, 7) is 0.240. The molecule has 1 N–H and O–H groups in total. The minimum absolute atomic E-state index is 0.153. The Morgan fingerprint density at radius 1 is 1.08 bits per heavy atom. The third kappa shape index (κ3) is 3.75. The molecule has 5 heteroatoms. The Morgan fingerprint density at radius 3 is 2.40 bits per heavy atom. The number of terminal acetylenes is 1. The van der Waals surface area contributed by atoms with E-state index in [2.05, 4.69) is 11.2 Å². The van der Waals surface area contributed by atoms with E-state index in [1.165, 1.54) is 4.90 Å². The lowest BCUT2D eigenvalue weighted by Gasteiger charge is -2.14. The number of hydrogen-bond donors (Lipinski definition) is 1. The Morgan fingerprint density at radius 2 is 1.76 bits per heavy atom. The molecule has 3 amide bonds. The minimum Gasteiger partial charge on any atom is -0.322 e. The largest absolute Gasteiger partial charge is 0.322 e. The maximum atomic E-state index is 12.3. The van der Waals surface area contributed by atoms with Crippen molar-refractivity contribution in [1.29, 1.82) is 0 Å². The van der Waals surface area contributed by atoms with E-state index in [4.69, 9.17) is 6.42 Å². The lowest BCUT2D eigenvalue weighted by molar-refractivity contribution is -0.139. The van der Waals surface area contributed by atoms with Crippen LogP contribution in [0.3, 0.4) is 0 Å². The molecule has 124 valence electrons. The van der Waals surface area contributed by atoms with Gasteiger partial charge in [0, 0.05) is 29.7 Å². The summed E-state index contributed by atoms with van der Waals surface area (Å²) < 4.78 is 0. The lowest BCUT2D eigenvalue weighted by Crippen LogP contribution is -2.28. The lowest BCUT2D eigenvalue weighted by atomic mass is 10.1. The summed E-state index contributed by atoms with van der Waals surface area (Å²) in [7, 11) is 0. The highest BCUT2D eigenvalue weighted by atomic mass is 16.2. The zero-order chi connectivity index (χ0) is 17.8. The average molecular weight is 332 g/mol. The minimum atomic E-state index is -0.256. The smallest absolute Gasteiger partial charge is 0.255 e. The van der Waals surface area contributed by atoms with E-state index in [0.29, 0.717) is 16.8 Å². The molecule has 1 fully saturated rings. The summed E-state index contributed by atoms with van der Waals surface area (Å²) in [4.78, 5) is 36.8. The van der Waals surface area contributed by atoms with Crippen LogP contribution in [0.25, 0.3) is 0 Å². The van der Waals surface area contributed by atoms with Crippen LogP contribution in [0.2, 0.25) is 0 Å². The van der Waals surface area contributed by atoms with E-state index in [1.54, 1.807) is 48.5 Å². The van der Waals surface area contributed by atoms with Crippen LogP contribution in [0.5, 0.6) is 0 Å². The first-order valence-electron chi connectivity index (χ1n) is 7.87. The molecule has 0 saturated carbocycles. The molecule has 0 radical (unpaired) electrons. The fourth-order valence-corrected chi connectivity index (χ4v) is 2.63. The molecule has 0 atom stereocenters. The second-order valence-corrected chi connectivity index (χ2v) is 5.75. The molecular weight excluding hydrogens is 316 g/mol. The molecule has 2 aromatic carbocycles. The second kappa shape index (κ2) is 7.02. The SMILES string of the molecule is C#Cc1cccc(NC(=O)c2ccc(CN3C(=O)CCC3=O)cc2)c1. The van der Waals surface area contributed by atoms with Gasteiger partial charge in [-0.05, 0) is 35.9 Å². The van der Waals surface area contributed by atoms with Crippen LogP contribution in [0, 0.1) is 12.3 Å². The first-order chi connectivity index (χ1) is 12.1. The van der Waals surface area contributed by atoms with Crippen molar-refractivity contribution in [3.8, 4) is 12.3 Å². The number of rotatable bonds is 4. The van der Waals surface area contributed by atoms with Crippen molar-refractivity contribution in [3.63, 3.8) is 0 Å². The van der Waals surface area contributed by atoms with Crippen molar-refractivity contribution in [2.24, 2.45) is 0 Å². The summed E-state index contributed by atoms with van der Waals surface area (Å²) >= 11 is 0. The molecule has 0 spiro atoms. The molecule has 1 heterocycles. The molecule has 5 nitrogen and oxygen atoms in total. The van der Waals surface area contributed by atoms with Gasteiger partial charge in [0.05, 0.1) is 6.54 Å². The quantitative estimate of drug-likeness (QED) is 0.691. The molecule has 1 aliphatic heterocycles. The number of nitrogens with one attached hydrogen (secondary N) is 1. The maximum Gasteiger partial charge on any atom is 0.255 e. The zero-order valence-electron chi connectivity index (χ0n) is 13.5. The summed E-state index contributed by atoms with van der Waals surface area (Å²) in [6, 6.07) is 13.9. The van der Waals surface area contributed by atoms with Crippen molar-refractivity contribution in [2.75, 3.05) is 5.32 Å². The van der Waals surface area contributed by atoms with E-state index in [-0.39, 0.29) is 37.1 Å². The standard InChI is InChI=1S/C20H16N2O3/c1-2-14-4-3-5-17(12-14)21-20(25)16-8-6-15(7-9-16)13-22-18(23)10-11-19(22)24/h1,3-9,12H,10-11,13H2,(H,21,25). The summed E-state index contributed by atoms with van der Waals surface area (Å²) in [5, 5.41) is 2.79. The molecule has 0 aliphatic carbocycles. The summed E-state index contributed by atoms with van der Waals surface area (Å²) in [5.74, 6) is 1.96. The van der Waals surface area contributed by atoms with Crippen LogP contribution in [0.4, 0.5) is 5.69 Å². The number of carbonyl (C=O) groups is 3. The second-order valence-electron chi connectivity index (χ2n) is 5.75. The number of imide groups is 1. The molecule has 2 aromatic rings. The van der Waals surface area contributed by atoms with E-state index in [0.717, 1.165) is 5.56 Å². The Hall–Kier alpha value is -3.39. The van der Waals surface area contributed by atoms with Crippen LogP contribution in [-0.2, 0) is 16.1 Å². The van der Waals surface area contributed by atoms with Gasteiger partial charge in [-0.15, -0.1) is 6.42 Å². The predicted molar refractivity (Wildman–Crippen MR) is 93.6 cm³/mol. The van der Waals surface area contributed by atoms with E-state index in [9.17, 15) is 14.4 Å². The van der Waals surface area contributed by atoms with E-state index in [1.807, 2.05) is 0 Å². The number of nitrogens with zero attached hydrogens (tertiary/aromatic N) is 1. The van der Waals surface area contributed by atoms with E-state index < -0.39 is 0 Å². The molecule has 3 rings (SSSR count). The topological polar surface area (TPSA) is 66.5 Å². The fraction of sp³-hybridized carbons (Fsp3) is 0.150. The highest BCUT2D eigenvalue weighted by Gasteiger charge is 2.28. The summed E-state index contributed by atoms with van der Waals surface area (Å²) in [5.41, 5.74) is 2.59. The van der Waals surface area contributed by atoms with Crippen LogP contribution >= 0.6 is 0 Å². The van der Waals surface area contributed by atoms with Gasteiger partial charge in [-0.1, -0.05) is 24.1 Å². The third-order valence-corrected chi connectivity index (χ3v) is 4.00. The van der Waals surface area contributed by atoms with Crippen molar-refractivity contribution in [2.45, 2.75) is 19.4 Å². The normalized spacial score (nSPS) is 13.6. The molecular formula is C20H16N2O3. The van der Waals surface area contributed by atoms with Crippen LogP contribution in [0.1, 0.15) is 34.3 Å². The van der Waals surface area contributed by atoms with Gasteiger partial charge in [0.2, 0.25) is 11.8 Å². The fourth-order valence-electron chi connectivity index (χ4n) is 2.63. The monoisotopic (exact) mass is 332 g/mol. The van der Waals surface area contributed by atoms with Gasteiger partial charge in [-0.2, -0.15) is 0 Å². The molecule has 1 aliphatic rings. The first-order valence-corrected chi connectivity index (χ1v) is 7.87. The van der Waals surface area contributed by atoms with Gasteiger partial charge in [0.25, 0.3) is 5.91 Å². The third-order valence-electron chi connectivity index (χ3n) is 4.00. The number of amides is 3. The van der Waals surface area contributed by atoms with Crippen molar-refractivity contribution < 1.29 is 14.4 Å². The van der Waals surface area contributed by atoms with Gasteiger partial charge in [-0.25, -0.2) is 0 Å². The van der Waals surface area contributed by atoms with Crippen LogP contribution < -0.4 is 5.32 Å². The number of hydrogen-bond acceptors (Lipinski definition) is 3. The number of anilines is 1. The number of carbonyl (C=O) groups excluding carboxylic acids is 3. The van der Waals surface area contributed by atoms with Gasteiger partial charge >= 0.3 is 0 Å². The van der Waals surface area contributed by atoms with Gasteiger partial charge in [0.15, 0.2) is 0 Å². The zero-order valence-corrected chi connectivity index (χ0v) is 13.5. The molecule has 25 heavy (non-hydrogen) atoms. The highest BCUT2D eigenvalue weighted by molar-refractivity contribution is 6.04. The Kier molecular flexibility index (Phi) is 4.62. The maximum absolute atomic E-state index is 12.3. The van der Waals surface area contributed by atoms with Crippen molar-refractivity contribution >= 4 is 23.4 Å². The predicted octanol–water partition coefficient (Wildman–Crippen LogP) is 2.57. The van der Waals surface area contributed by atoms with Crippen molar-refractivity contribution in [3.05, 3.63) is 65.2 Å². The number of benzene rings is 2. The molecule has 1 saturated heterocycles.